The van der Waals surface area contributed by atoms with Crippen molar-refractivity contribution in [2.45, 2.75) is 13.3 Å². The first-order valence-corrected chi connectivity index (χ1v) is 6.34. The third-order valence-electron chi connectivity index (χ3n) is 2.98. The molecule has 0 radical (unpaired) electrons. The zero-order valence-corrected chi connectivity index (χ0v) is 10.9. The van der Waals surface area contributed by atoms with E-state index in [1.807, 2.05) is 37.3 Å². The van der Waals surface area contributed by atoms with Crippen molar-refractivity contribution in [2.24, 2.45) is 0 Å². The maximum Gasteiger partial charge on any atom is 0.231 e. The van der Waals surface area contributed by atoms with Crippen LogP contribution in [-0.4, -0.2) is 17.6 Å². The topological polar surface area (TPSA) is 40.5 Å². The van der Waals surface area contributed by atoms with Crippen LogP contribution in [0.5, 0.6) is 5.75 Å². The third-order valence-corrected chi connectivity index (χ3v) is 2.98. The molecule has 0 heterocycles. The molecule has 0 spiro atoms. The number of nitrogens with zero attached hydrogens (tertiary/aromatic N) is 1. The fraction of sp³-hybridized carbons (Fsp3) is 0.188. The minimum atomic E-state index is 0.0550. The first kappa shape index (κ1) is 13.1. The van der Waals surface area contributed by atoms with Gasteiger partial charge in [-0.15, -0.1) is 0 Å². The van der Waals surface area contributed by atoms with Gasteiger partial charge in [0, 0.05) is 12.2 Å². The second-order valence-electron chi connectivity index (χ2n) is 4.32. The predicted octanol–water partition coefficient (Wildman–Crippen LogP) is 2.99. The molecule has 0 aromatic heterocycles. The fourth-order valence-electron chi connectivity index (χ4n) is 1.99. The summed E-state index contributed by atoms with van der Waals surface area (Å²) in [5.41, 5.74) is 1.81. The van der Waals surface area contributed by atoms with Crippen LogP contribution in [0.15, 0.2) is 54.6 Å². The van der Waals surface area contributed by atoms with Gasteiger partial charge < -0.3 is 10.0 Å². The zero-order chi connectivity index (χ0) is 13.7. The van der Waals surface area contributed by atoms with Crippen molar-refractivity contribution in [3.63, 3.8) is 0 Å². The number of para-hydroxylation sites is 1. The second-order valence-corrected chi connectivity index (χ2v) is 4.32. The van der Waals surface area contributed by atoms with E-state index in [0.717, 1.165) is 11.3 Å². The van der Waals surface area contributed by atoms with Gasteiger partial charge in [-0.1, -0.05) is 30.3 Å². The van der Waals surface area contributed by atoms with E-state index < -0.39 is 0 Å². The van der Waals surface area contributed by atoms with Crippen molar-refractivity contribution in [3.05, 3.63) is 60.2 Å². The molecule has 0 unspecified atom stereocenters. The van der Waals surface area contributed by atoms with Crippen LogP contribution in [0.4, 0.5) is 5.69 Å². The monoisotopic (exact) mass is 255 g/mol. The zero-order valence-electron chi connectivity index (χ0n) is 10.9. The van der Waals surface area contributed by atoms with Crippen molar-refractivity contribution >= 4 is 11.6 Å². The molecule has 98 valence electrons. The summed E-state index contributed by atoms with van der Waals surface area (Å²) in [6.45, 7) is 2.60. The summed E-state index contributed by atoms with van der Waals surface area (Å²) in [5.74, 6) is 0.269. The van der Waals surface area contributed by atoms with Gasteiger partial charge in [0.25, 0.3) is 0 Å². The van der Waals surface area contributed by atoms with Gasteiger partial charge in [-0.2, -0.15) is 0 Å². The second kappa shape index (κ2) is 6.05. The quantitative estimate of drug-likeness (QED) is 0.912. The van der Waals surface area contributed by atoms with E-state index in [0.29, 0.717) is 13.0 Å². The molecule has 1 amide bonds. The summed E-state index contributed by atoms with van der Waals surface area (Å²) in [5, 5.41) is 9.23. The van der Waals surface area contributed by atoms with Gasteiger partial charge in [-0.3, -0.25) is 4.79 Å². The molecular weight excluding hydrogens is 238 g/mol. The van der Waals surface area contributed by atoms with Crippen LogP contribution in [0, 0.1) is 0 Å². The number of aromatic hydroxyl groups is 1. The maximum atomic E-state index is 12.3. The lowest BCUT2D eigenvalue weighted by Gasteiger charge is -2.21. The highest BCUT2D eigenvalue weighted by molar-refractivity contribution is 5.94. The van der Waals surface area contributed by atoms with Crippen LogP contribution >= 0.6 is 0 Å². The van der Waals surface area contributed by atoms with Gasteiger partial charge in [0.15, 0.2) is 0 Å². The van der Waals surface area contributed by atoms with Gasteiger partial charge in [-0.05, 0) is 36.8 Å². The van der Waals surface area contributed by atoms with E-state index in [4.69, 9.17) is 0 Å². The van der Waals surface area contributed by atoms with Crippen LogP contribution in [0.25, 0.3) is 0 Å². The van der Waals surface area contributed by atoms with Crippen LogP contribution in [0.3, 0.4) is 0 Å². The number of carbonyl (C=O) groups excluding carboxylic acids is 1. The molecular formula is C16H17NO2. The first-order valence-electron chi connectivity index (χ1n) is 6.34. The number of benzene rings is 2. The molecule has 3 heteroatoms. The molecule has 19 heavy (non-hydrogen) atoms. The SMILES string of the molecule is CCN(C(=O)Cc1ccc(O)cc1)c1ccccc1. The Kier molecular flexibility index (Phi) is 4.18. The van der Waals surface area contributed by atoms with E-state index in [1.54, 1.807) is 29.2 Å². The number of carbonyl (C=O) groups is 1. The largest absolute Gasteiger partial charge is 0.508 e. The molecule has 1 N–H and O–H groups in total. The van der Waals surface area contributed by atoms with E-state index in [9.17, 15) is 9.90 Å². The average molecular weight is 255 g/mol. The minimum absolute atomic E-state index is 0.0550. The Morgan fingerprint density at radius 2 is 1.68 bits per heavy atom. The minimum Gasteiger partial charge on any atom is -0.508 e. The smallest absolute Gasteiger partial charge is 0.231 e. The molecule has 0 saturated carbocycles. The molecule has 0 aliphatic carbocycles. The Labute approximate surface area is 113 Å². The molecule has 0 fully saturated rings. The number of anilines is 1. The van der Waals surface area contributed by atoms with Crippen LogP contribution in [0.1, 0.15) is 12.5 Å². The van der Waals surface area contributed by atoms with Crippen LogP contribution in [0.2, 0.25) is 0 Å². The number of hydrogen-bond acceptors (Lipinski definition) is 2. The van der Waals surface area contributed by atoms with Gasteiger partial charge in [0.05, 0.1) is 6.42 Å². The third kappa shape index (κ3) is 3.35. The molecule has 0 aliphatic rings. The molecule has 3 nitrogen and oxygen atoms in total. The summed E-state index contributed by atoms with van der Waals surface area (Å²) in [6.07, 6.45) is 0.336. The number of phenols is 1. The van der Waals surface area contributed by atoms with Crippen LogP contribution < -0.4 is 4.90 Å². The average Bonchev–Trinajstić information content (AvgIpc) is 2.43. The molecule has 0 atom stereocenters. The summed E-state index contributed by atoms with van der Waals surface area (Å²) in [6, 6.07) is 16.4. The first-order chi connectivity index (χ1) is 9.20. The van der Waals surface area contributed by atoms with Gasteiger partial charge >= 0.3 is 0 Å². The molecule has 0 aliphatic heterocycles. The van der Waals surface area contributed by atoms with E-state index in [2.05, 4.69) is 0 Å². The highest BCUT2D eigenvalue weighted by Gasteiger charge is 2.13. The lowest BCUT2D eigenvalue weighted by Crippen LogP contribution is -2.31. The highest BCUT2D eigenvalue weighted by Crippen LogP contribution is 2.16. The van der Waals surface area contributed by atoms with Gasteiger partial charge in [0.2, 0.25) is 5.91 Å². The van der Waals surface area contributed by atoms with Crippen molar-refractivity contribution < 1.29 is 9.90 Å². The van der Waals surface area contributed by atoms with Crippen molar-refractivity contribution in [1.29, 1.82) is 0 Å². The lowest BCUT2D eigenvalue weighted by atomic mass is 10.1. The van der Waals surface area contributed by atoms with E-state index in [1.165, 1.54) is 0 Å². The number of amides is 1. The fourth-order valence-corrected chi connectivity index (χ4v) is 1.99. The molecule has 0 bridgehead atoms. The normalized spacial score (nSPS) is 10.2. The van der Waals surface area contributed by atoms with Crippen molar-refractivity contribution in [1.82, 2.24) is 0 Å². The Morgan fingerprint density at radius 1 is 1.05 bits per heavy atom. The summed E-state index contributed by atoms with van der Waals surface area (Å²) < 4.78 is 0. The highest BCUT2D eigenvalue weighted by atomic mass is 16.3. The molecule has 2 aromatic carbocycles. The number of likely N-dealkylation sites (N-methyl/N-ethyl adjacent to an activating group) is 1. The molecule has 2 rings (SSSR count). The van der Waals surface area contributed by atoms with Gasteiger partial charge in [-0.25, -0.2) is 0 Å². The van der Waals surface area contributed by atoms with E-state index in [-0.39, 0.29) is 11.7 Å². The Hall–Kier alpha value is -2.29. The van der Waals surface area contributed by atoms with Crippen LogP contribution in [-0.2, 0) is 11.2 Å². The molecule has 0 saturated heterocycles. The molecule has 2 aromatic rings. The number of phenolic OH excluding ortho intramolecular Hbond substituents is 1. The summed E-state index contributed by atoms with van der Waals surface area (Å²) >= 11 is 0. The van der Waals surface area contributed by atoms with Crippen molar-refractivity contribution in [3.8, 4) is 5.75 Å². The van der Waals surface area contributed by atoms with Gasteiger partial charge in [0.1, 0.15) is 5.75 Å². The number of hydrogen-bond donors (Lipinski definition) is 1. The summed E-state index contributed by atoms with van der Waals surface area (Å²) in [4.78, 5) is 14.0. The summed E-state index contributed by atoms with van der Waals surface area (Å²) in [7, 11) is 0. The van der Waals surface area contributed by atoms with E-state index >= 15 is 0 Å². The number of rotatable bonds is 4. The Morgan fingerprint density at radius 3 is 2.26 bits per heavy atom. The lowest BCUT2D eigenvalue weighted by molar-refractivity contribution is -0.117. The van der Waals surface area contributed by atoms with Crippen molar-refractivity contribution in [2.75, 3.05) is 11.4 Å². The Bertz CT molecular complexity index is 534. The maximum absolute atomic E-state index is 12.3. The Balaban J connectivity index is 2.11. The standard InChI is InChI=1S/C16H17NO2/c1-2-17(14-6-4-3-5-7-14)16(19)12-13-8-10-15(18)11-9-13/h3-11,18H,2,12H2,1H3. The predicted molar refractivity (Wildman–Crippen MR) is 76.3 cm³/mol.